The summed E-state index contributed by atoms with van der Waals surface area (Å²) in [7, 11) is 0. The number of hydrogen-bond donors (Lipinski definition) is 1. The van der Waals surface area contributed by atoms with E-state index in [0.717, 1.165) is 44.1 Å². The number of rotatable bonds is 3. The quantitative estimate of drug-likeness (QED) is 0.899. The van der Waals surface area contributed by atoms with Gasteiger partial charge in [0.05, 0.1) is 24.0 Å². The molecule has 1 fully saturated rings. The largest absolute Gasteiger partial charge is 0.348 e. The van der Waals surface area contributed by atoms with Crippen LogP contribution in [0.5, 0.6) is 0 Å². The summed E-state index contributed by atoms with van der Waals surface area (Å²) in [4.78, 5) is 24.7. The molecule has 0 bridgehead atoms. The van der Waals surface area contributed by atoms with E-state index in [1.807, 2.05) is 0 Å². The summed E-state index contributed by atoms with van der Waals surface area (Å²) in [5, 5.41) is 0. The maximum atomic E-state index is 13.9. The standard InChI is InChI=1S/C20H24F2N4O/c1-2-26-9-6-16-19(24-13-23-16)20(26)7-10-25(11-8-20)17(27)12-14-4-3-5-15(21)18(14)22/h3-5,13H,2,6-12H2,1H3,(H,23,24). The van der Waals surface area contributed by atoms with Gasteiger partial charge in [-0.05, 0) is 25.5 Å². The molecule has 1 amide bonds. The number of nitrogens with zero attached hydrogens (tertiary/aromatic N) is 3. The molecule has 4 rings (SSSR count). The fourth-order valence-corrected chi connectivity index (χ4v) is 4.62. The average molecular weight is 374 g/mol. The summed E-state index contributed by atoms with van der Waals surface area (Å²) >= 11 is 0. The zero-order valence-electron chi connectivity index (χ0n) is 15.5. The Balaban J connectivity index is 1.49. The maximum absolute atomic E-state index is 13.9. The van der Waals surface area contributed by atoms with E-state index in [0.29, 0.717) is 13.1 Å². The van der Waals surface area contributed by atoms with Gasteiger partial charge in [-0.15, -0.1) is 0 Å². The van der Waals surface area contributed by atoms with Gasteiger partial charge in [-0.1, -0.05) is 19.1 Å². The number of hydrogen-bond acceptors (Lipinski definition) is 3. The van der Waals surface area contributed by atoms with Gasteiger partial charge >= 0.3 is 0 Å². The Labute approximate surface area is 157 Å². The smallest absolute Gasteiger partial charge is 0.227 e. The number of carbonyl (C=O) groups excluding carboxylic acids is 1. The van der Waals surface area contributed by atoms with Gasteiger partial charge in [0.1, 0.15) is 0 Å². The maximum Gasteiger partial charge on any atom is 0.227 e. The Kier molecular flexibility index (Phi) is 4.72. The Morgan fingerprint density at radius 1 is 1.26 bits per heavy atom. The third kappa shape index (κ3) is 3.04. The first-order chi connectivity index (χ1) is 13.0. The number of H-pyrrole nitrogens is 1. The van der Waals surface area contributed by atoms with Crippen molar-refractivity contribution in [1.29, 1.82) is 0 Å². The first-order valence-electron chi connectivity index (χ1n) is 9.53. The number of carbonyl (C=O) groups is 1. The van der Waals surface area contributed by atoms with Gasteiger partial charge in [0.2, 0.25) is 5.91 Å². The van der Waals surface area contributed by atoms with Crippen LogP contribution in [0.1, 0.15) is 36.7 Å². The van der Waals surface area contributed by atoms with E-state index in [4.69, 9.17) is 0 Å². The summed E-state index contributed by atoms with van der Waals surface area (Å²) < 4.78 is 27.3. The second kappa shape index (κ2) is 7.03. The van der Waals surface area contributed by atoms with Gasteiger partial charge in [-0.25, -0.2) is 13.8 Å². The number of likely N-dealkylation sites (N-methyl/N-ethyl adjacent to an activating group) is 1. The second-order valence-electron chi connectivity index (χ2n) is 7.36. The van der Waals surface area contributed by atoms with Gasteiger partial charge in [0, 0.05) is 37.3 Å². The number of piperidine rings is 1. The van der Waals surface area contributed by atoms with Crippen LogP contribution < -0.4 is 0 Å². The molecule has 2 aliphatic heterocycles. The van der Waals surface area contributed by atoms with E-state index < -0.39 is 11.6 Å². The van der Waals surface area contributed by atoms with E-state index in [9.17, 15) is 13.6 Å². The minimum atomic E-state index is -0.926. The number of likely N-dealkylation sites (tertiary alicyclic amines) is 1. The third-order valence-electron chi connectivity index (χ3n) is 6.09. The Morgan fingerprint density at radius 3 is 2.78 bits per heavy atom. The first kappa shape index (κ1) is 18.1. The molecule has 1 N–H and O–H groups in total. The molecule has 1 aromatic carbocycles. The van der Waals surface area contributed by atoms with E-state index in [1.54, 1.807) is 11.2 Å². The molecule has 0 aliphatic carbocycles. The average Bonchev–Trinajstić information content (AvgIpc) is 3.16. The van der Waals surface area contributed by atoms with Gasteiger partial charge in [0.15, 0.2) is 11.6 Å². The van der Waals surface area contributed by atoms with Crippen molar-refractivity contribution in [2.24, 2.45) is 0 Å². The highest BCUT2D eigenvalue weighted by Gasteiger charge is 2.46. The van der Waals surface area contributed by atoms with Crippen LogP contribution in [0.2, 0.25) is 0 Å². The lowest BCUT2D eigenvalue weighted by atomic mass is 9.78. The highest BCUT2D eigenvalue weighted by molar-refractivity contribution is 5.79. The third-order valence-corrected chi connectivity index (χ3v) is 6.09. The van der Waals surface area contributed by atoms with Crippen molar-refractivity contribution in [2.75, 3.05) is 26.2 Å². The number of fused-ring (bicyclic) bond motifs is 2. The van der Waals surface area contributed by atoms with Crippen molar-refractivity contribution in [3.8, 4) is 0 Å². The zero-order chi connectivity index (χ0) is 19.0. The van der Waals surface area contributed by atoms with Gasteiger partial charge in [-0.2, -0.15) is 0 Å². The molecule has 1 aromatic heterocycles. The Hall–Kier alpha value is -2.28. The predicted molar refractivity (Wildman–Crippen MR) is 97.1 cm³/mol. The first-order valence-corrected chi connectivity index (χ1v) is 9.53. The fourth-order valence-electron chi connectivity index (χ4n) is 4.62. The number of halogens is 2. The van der Waals surface area contributed by atoms with Crippen molar-refractivity contribution in [3.63, 3.8) is 0 Å². The molecule has 7 heteroatoms. The number of benzene rings is 1. The summed E-state index contributed by atoms with van der Waals surface area (Å²) in [6.45, 7) is 5.27. The van der Waals surface area contributed by atoms with Crippen LogP contribution in [-0.4, -0.2) is 51.9 Å². The molecule has 0 saturated carbocycles. The molecule has 1 spiro atoms. The molecule has 2 aromatic rings. The molecule has 0 radical (unpaired) electrons. The minimum absolute atomic E-state index is 0.109. The lowest BCUT2D eigenvalue weighted by Gasteiger charge is -2.50. The number of aromatic nitrogens is 2. The van der Waals surface area contributed by atoms with Gasteiger partial charge in [-0.3, -0.25) is 9.69 Å². The van der Waals surface area contributed by atoms with E-state index in [-0.39, 0.29) is 23.4 Å². The predicted octanol–water partition coefficient (Wildman–Crippen LogP) is 2.63. The molecular weight excluding hydrogens is 350 g/mol. The van der Waals surface area contributed by atoms with Crippen molar-refractivity contribution in [2.45, 2.75) is 38.1 Å². The van der Waals surface area contributed by atoms with Crippen molar-refractivity contribution < 1.29 is 13.6 Å². The van der Waals surface area contributed by atoms with E-state index >= 15 is 0 Å². The van der Waals surface area contributed by atoms with E-state index in [2.05, 4.69) is 21.8 Å². The number of aromatic amines is 1. The second-order valence-corrected chi connectivity index (χ2v) is 7.36. The molecular formula is C20H24F2N4O. The van der Waals surface area contributed by atoms with E-state index in [1.165, 1.54) is 17.8 Å². The van der Waals surface area contributed by atoms with Gasteiger partial charge in [0.25, 0.3) is 0 Å². The molecule has 5 nitrogen and oxygen atoms in total. The number of nitrogens with one attached hydrogen (secondary N) is 1. The van der Waals surface area contributed by atoms with Crippen LogP contribution >= 0.6 is 0 Å². The summed E-state index contributed by atoms with van der Waals surface area (Å²) in [6.07, 6.45) is 4.22. The number of imidazole rings is 1. The van der Waals surface area contributed by atoms with Crippen molar-refractivity contribution >= 4 is 5.91 Å². The summed E-state index contributed by atoms with van der Waals surface area (Å²) in [6, 6.07) is 3.97. The molecule has 3 heterocycles. The minimum Gasteiger partial charge on any atom is -0.348 e. The van der Waals surface area contributed by atoms with Crippen LogP contribution in [-0.2, 0) is 23.2 Å². The highest BCUT2D eigenvalue weighted by atomic mass is 19.2. The topological polar surface area (TPSA) is 52.2 Å². The van der Waals surface area contributed by atoms with Crippen LogP contribution in [0.25, 0.3) is 0 Å². The Bertz CT molecular complexity index is 842. The van der Waals surface area contributed by atoms with Crippen LogP contribution in [0.15, 0.2) is 24.5 Å². The molecule has 1 saturated heterocycles. The summed E-state index contributed by atoms with van der Waals surface area (Å²) in [5.41, 5.74) is 2.28. The molecule has 2 aliphatic rings. The lowest BCUT2D eigenvalue weighted by Crippen LogP contribution is -2.57. The van der Waals surface area contributed by atoms with Crippen LogP contribution in [0, 0.1) is 11.6 Å². The summed E-state index contributed by atoms with van der Waals surface area (Å²) in [5.74, 6) is -2.00. The normalized spacial score (nSPS) is 19.3. The van der Waals surface area contributed by atoms with Crippen LogP contribution in [0.3, 0.4) is 0 Å². The zero-order valence-corrected chi connectivity index (χ0v) is 15.5. The molecule has 27 heavy (non-hydrogen) atoms. The molecule has 144 valence electrons. The molecule has 0 atom stereocenters. The lowest BCUT2D eigenvalue weighted by molar-refractivity contribution is -0.133. The van der Waals surface area contributed by atoms with Crippen LogP contribution in [0.4, 0.5) is 8.78 Å². The fraction of sp³-hybridized carbons (Fsp3) is 0.500. The SMILES string of the molecule is CCN1CCc2[nH]cnc2C12CCN(C(=O)Cc1cccc(F)c1F)CC2. The number of amides is 1. The molecule has 0 unspecified atom stereocenters. The van der Waals surface area contributed by atoms with Crippen molar-refractivity contribution in [1.82, 2.24) is 19.8 Å². The monoisotopic (exact) mass is 374 g/mol. The highest BCUT2D eigenvalue weighted by Crippen LogP contribution is 2.42. The van der Waals surface area contributed by atoms with Gasteiger partial charge < -0.3 is 9.88 Å². The van der Waals surface area contributed by atoms with Crippen molar-refractivity contribution in [3.05, 3.63) is 53.1 Å². The Morgan fingerprint density at radius 2 is 2.04 bits per heavy atom.